The number of aryl methyl sites for hydroxylation is 4. The molecule has 0 unspecified atom stereocenters. The van der Waals surface area contributed by atoms with E-state index in [9.17, 15) is 0 Å². The van der Waals surface area contributed by atoms with E-state index in [1.54, 1.807) is 23.3 Å². The molecule has 6 aromatic rings. The Morgan fingerprint density at radius 1 is 0.429 bits per heavy atom. The minimum Gasteiger partial charge on any atom is -1.00 e. The fourth-order valence-electron chi connectivity index (χ4n) is 7.12. The maximum atomic E-state index is 2.40. The quantitative estimate of drug-likeness (QED) is 0.120. The molecule has 6 aromatic carbocycles. The summed E-state index contributed by atoms with van der Waals surface area (Å²) in [6, 6.07) is 32.7. The summed E-state index contributed by atoms with van der Waals surface area (Å²) < 4.78 is 0. The molecule has 0 aromatic heterocycles. The van der Waals surface area contributed by atoms with Crippen LogP contribution in [0.25, 0.3) is 43.8 Å². The van der Waals surface area contributed by atoms with Gasteiger partial charge in [-0.25, -0.2) is 0 Å². The van der Waals surface area contributed by atoms with Crippen molar-refractivity contribution in [3.05, 3.63) is 129 Å². The second-order valence-electron chi connectivity index (χ2n) is 20.2. The van der Waals surface area contributed by atoms with Gasteiger partial charge in [0.05, 0.1) is 0 Å². The Balaban J connectivity index is 0.000000342. The van der Waals surface area contributed by atoms with Crippen LogP contribution in [0.2, 0.25) is 13.1 Å². The van der Waals surface area contributed by atoms with E-state index in [1.165, 1.54) is 88.3 Å². The molecule has 6 rings (SSSR count). The monoisotopic (exact) mass is 880 g/mol. The molecule has 4 heteroatoms. The van der Waals surface area contributed by atoms with Gasteiger partial charge in [-0.3, -0.25) is 0 Å². The topological polar surface area (TPSA) is 0 Å². The SMILES string of the molecule is C[Si](C)=[Zr+2].Cc1cc2c(-c3cc(C(C)(C)C)cc(C(C)(C)C)c3)c(C)ccc2[cH-]1.Cc1cc2c(-c3cc(C(C)(C)C)cc(C(C)(C)C)c3)c(C)ccc2[cH-]1.[Cl-].[Cl-]. The Hall–Kier alpha value is -2.22. The van der Waals surface area contributed by atoms with Gasteiger partial charge in [0.25, 0.3) is 0 Å². The molecular formula is C52H68Cl2SiZr-2. The van der Waals surface area contributed by atoms with Crippen molar-refractivity contribution in [3.63, 3.8) is 0 Å². The zero-order chi connectivity index (χ0) is 40.7. The van der Waals surface area contributed by atoms with Crippen LogP contribution >= 0.6 is 0 Å². The Labute approximate surface area is 369 Å². The molecule has 0 N–H and O–H groups in total. The molecule has 0 amide bonds. The van der Waals surface area contributed by atoms with Crippen molar-refractivity contribution in [2.75, 3.05) is 0 Å². The van der Waals surface area contributed by atoms with Crippen LogP contribution in [0.5, 0.6) is 0 Å². The van der Waals surface area contributed by atoms with Crippen molar-refractivity contribution < 1.29 is 48.1 Å². The van der Waals surface area contributed by atoms with E-state index in [0.717, 1.165) is 0 Å². The van der Waals surface area contributed by atoms with Crippen LogP contribution in [0.1, 0.15) is 128 Å². The second kappa shape index (κ2) is 18.8. The van der Waals surface area contributed by atoms with Gasteiger partial charge in [-0.05, 0) is 68.9 Å². The number of hydrogen-bond donors (Lipinski definition) is 0. The fourth-order valence-corrected chi connectivity index (χ4v) is 7.12. The van der Waals surface area contributed by atoms with Crippen LogP contribution in [0.15, 0.2) is 84.9 Å². The molecule has 0 nitrogen and oxygen atoms in total. The van der Waals surface area contributed by atoms with Crippen LogP contribution < -0.4 is 24.8 Å². The predicted octanol–water partition coefficient (Wildman–Crippen LogP) is 9.67. The van der Waals surface area contributed by atoms with Crippen LogP contribution in [-0.4, -0.2) is 5.43 Å². The molecule has 0 fully saturated rings. The molecule has 0 atom stereocenters. The summed E-state index contributed by atoms with van der Waals surface area (Å²) in [5.74, 6) is 0. The van der Waals surface area contributed by atoms with Gasteiger partial charge >= 0.3 is 41.9 Å². The second-order valence-corrected chi connectivity index (χ2v) is 29.6. The molecule has 0 bridgehead atoms. The minimum atomic E-state index is 0. The normalized spacial score (nSPS) is 11.9. The average Bonchev–Trinajstić information content (AvgIpc) is 3.59. The molecule has 0 radical (unpaired) electrons. The van der Waals surface area contributed by atoms with Gasteiger partial charge in [0.2, 0.25) is 0 Å². The summed E-state index contributed by atoms with van der Waals surface area (Å²) in [6.07, 6.45) is 0. The molecule has 0 aliphatic rings. The van der Waals surface area contributed by atoms with Crippen LogP contribution in [0.4, 0.5) is 0 Å². The van der Waals surface area contributed by atoms with Gasteiger partial charge in [-0.15, -0.1) is 69.1 Å². The van der Waals surface area contributed by atoms with Gasteiger partial charge < -0.3 is 24.8 Å². The van der Waals surface area contributed by atoms with E-state index < -0.39 is 0 Å². The maximum absolute atomic E-state index is 2.40. The molecule has 0 saturated heterocycles. The summed E-state index contributed by atoms with van der Waals surface area (Å²) in [5, 5.41) is 5.44. The Bertz CT molecular complexity index is 2060. The van der Waals surface area contributed by atoms with Crippen molar-refractivity contribution in [1.29, 1.82) is 0 Å². The van der Waals surface area contributed by atoms with Crippen LogP contribution in [0, 0.1) is 27.7 Å². The van der Waals surface area contributed by atoms with E-state index in [4.69, 9.17) is 0 Å². The third-order valence-electron chi connectivity index (χ3n) is 10.4. The first-order valence-electron chi connectivity index (χ1n) is 19.8. The van der Waals surface area contributed by atoms with Gasteiger partial charge in [0.1, 0.15) is 0 Å². The largest absolute Gasteiger partial charge is 1.00 e. The zero-order valence-corrected chi connectivity index (χ0v) is 42.8. The van der Waals surface area contributed by atoms with Gasteiger partial charge in [0, 0.05) is 0 Å². The molecule has 0 aliphatic carbocycles. The fraction of sp³-hybridized carbons (Fsp3) is 0.423. The molecule has 0 heterocycles. The van der Waals surface area contributed by atoms with Crippen molar-refractivity contribution in [2.45, 2.75) is 146 Å². The van der Waals surface area contributed by atoms with Crippen molar-refractivity contribution in [2.24, 2.45) is 0 Å². The molecular weight excluding hydrogens is 815 g/mol. The zero-order valence-electron chi connectivity index (χ0n) is 37.8. The third-order valence-corrected chi connectivity index (χ3v) is 10.4. The third kappa shape index (κ3) is 12.4. The summed E-state index contributed by atoms with van der Waals surface area (Å²) in [4.78, 5) is 0. The molecule has 56 heavy (non-hydrogen) atoms. The first kappa shape index (κ1) is 49.9. The predicted molar refractivity (Wildman–Crippen MR) is 241 cm³/mol. The van der Waals surface area contributed by atoms with Crippen LogP contribution in [0.3, 0.4) is 0 Å². The standard InChI is InChI=1S/2C25H31.C2H6Si.2ClH.Zr/c2*1-16-11-18-10-9-17(2)23(22(18)12-16)19-13-20(24(3,4)5)15-21(14-19)25(6,7)8;1-3-2;;;/h2*9-15H,1-8H3;1-2H3;2*1H;/q2*-1;;;;+2/p-2. The van der Waals surface area contributed by atoms with E-state index in [-0.39, 0.29) is 51.9 Å². The number of hydrogen-bond acceptors (Lipinski definition) is 0. The first-order chi connectivity index (χ1) is 24.7. The minimum absolute atomic E-state index is 0. The van der Waals surface area contributed by atoms with E-state index >= 15 is 0 Å². The molecule has 0 spiro atoms. The van der Waals surface area contributed by atoms with Crippen molar-refractivity contribution in [1.82, 2.24) is 0 Å². The van der Waals surface area contributed by atoms with Gasteiger partial charge in [-0.1, -0.05) is 156 Å². The average molecular weight is 883 g/mol. The summed E-state index contributed by atoms with van der Waals surface area (Å²) >= 11 is 1.74. The van der Waals surface area contributed by atoms with E-state index in [2.05, 4.69) is 209 Å². The molecule has 0 saturated carbocycles. The Kier molecular flexibility index (Phi) is 16.8. The summed E-state index contributed by atoms with van der Waals surface area (Å²) in [7, 11) is 0. The maximum Gasteiger partial charge on any atom is -0.0132 e. The van der Waals surface area contributed by atoms with Crippen LogP contribution in [-0.2, 0) is 45.0 Å². The number of benzene rings is 4. The van der Waals surface area contributed by atoms with E-state index in [0.29, 0.717) is 0 Å². The summed E-state index contributed by atoms with van der Waals surface area (Å²) in [6.45, 7) is 41.1. The van der Waals surface area contributed by atoms with E-state index in [1.807, 2.05) is 0 Å². The number of rotatable bonds is 2. The van der Waals surface area contributed by atoms with Crippen molar-refractivity contribution in [3.8, 4) is 22.3 Å². The number of fused-ring (bicyclic) bond motifs is 2. The Morgan fingerprint density at radius 2 is 0.679 bits per heavy atom. The first-order valence-corrected chi connectivity index (χ1v) is 26.0. The summed E-state index contributed by atoms with van der Waals surface area (Å²) in [5.41, 5.74) is 17.3. The smallest absolute Gasteiger partial charge is 0.0132 e. The number of halogens is 2. The van der Waals surface area contributed by atoms with Gasteiger partial charge in [-0.2, -0.15) is 12.1 Å². The molecule has 0 aliphatic heterocycles. The van der Waals surface area contributed by atoms with Crippen molar-refractivity contribution >= 4 is 27.0 Å². The van der Waals surface area contributed by atoms with Gasteiger partial charge in [0.15, 0.2) is 0 Å². The Morgan fingerprint density at radius 3 is 0.911 bits per heavy atom. The molecule has 300 valence electrons.